The van der Waals surface area contributed by atoms with Gasteiger partial charge in [-0.1, -0.05) is 289 Å². The third-order valence-electron chi connectivity index (χ3n) is 13.3. The summed E-state index contributed by atoms with van der Waals surface area (Å²) in [4.78, 5) is 24.5. The molecule has 1 N–H and O–H groups in total. The molecule has 0 radical (unpaired) electrons. The molecule has 0 rings (SSSR count). The van der Waals surface area contributed by atoms with E-state index in [2.05, 4.69) is 26.0 Å². The van der Waals surface area contributed by atoms with Crippen LogP contribution < -0.4 is 0 Å². The van der Waals surface area contributed by atoms with Crippen LogP contribution in [-0.2, 0) is 19.1 Å². The molecular weight excluding hydrogens is 777 g/mol. The molecule has 0 bridgehead atoms. The summed E-state index contributed by atoms with van der Waals surface area (Å²) in [5.41, 5.74) is 0. The van der Waals surface area contributed by atoms with Crippen molar-refractivity contribution in [3.63, 3.8) is 0 Å². The van der Waals surface area contributed by atoms with Gasteiger partial charge < -0.3 is 14.6 Å². The largest absolute Gasteiger partial charge is 0.462 e. The van der Waals surface area contributed by atoms with Crippen molar-refractivity contribution in [2.24, 2.45) is 0 Å². The maximum Gasteiger partial charge on any atom is 0.306 e. The average Bonchev–Trinajstić information content (AvgIpc) is 3.29. The van der Waals surface area contributed by atoms with Gasteiger partial charge in [-0.05, 0) is 38.5 Å². The Labute approximate surface area is 394 Å². The molecule has 0 saturated heterocycles. The number of aliphatic hydroxyl groups excluding tert-OH is 1. The molecule has 0 aromatic heterocycles. The highest BCUT2D eigenvalue weighted by Crippen LogP contribution is 2.18. The van der Waals surface area contributed by atoms with Crippen LogP contribution in [0.2, 0.25) is 0 Å². The van der Waals surface area contributed by atoms with Gasteiger partial charge in [0.05, 0.1) is 6.61 Å². The summed E-state index contributed by atoms with van der Waals surface area (Å²) < 4.78 is 10.7. The summed E-state index contributed by atoms with van der Waals surface area (Å²) >= 11 is 0. The van der Waals surface area contributed by atoms with Crippen molar-refractivity contribution >= 4 is 11.9 Å². The number of hydrogen-bond donors (Lipinski definition) is 1. The molecule has 5 heteroatoms. The van der Waals surface area contributed by atoms with Gasteiger partial charge in [0.2, 0.25) is 0 Å². The van der Waals surface area contributed by atoms with Crippen molar-refractivity contribution in [3.8, 4) is 0 Å². The van der Waals surface area contributed by atoms with Gasteiger partial charge in [0.1, 0.15) is 6.61 Å². The summed E-state index contributed by atoms with van der Waals surface area (Å²) in [5, 5.41) is 9.65. The third kappa shape index (κ3) is 53.1. The number of carbonyl (C=O) groups is 2. The molecule has 1 unspecified atom stereocenters. The van der Waals surface area contributed by atoms with E-state index in [4.69, 9.17) is 9.47 Å². The first-order valence-electron chi connectivity index (χ1n) is 28.7. The van der Waals surface area contributed by atoms with E-state index in [-0.39, 0.29) is 25.2 Å². The maximum absolute atomic E-state index is 12.3. The van der Waals surface area contributed by atoms with Gasteiger partial charge in [-0.3, -0.25) is 9.59 Å². The molecular formula is C58H112O5. The van der Waals surface area contributed by atoms with E-state index in [1.165, 1.54) is 270 Å². The first kappa shape index (κ1) is 61.6. The fourth-order valence-corrected chi connectivity index (χ4v) is 8.97. The highest BCUT2D eigenvalue weighted by molar-refractivity contribution is 5.70. The molecule has 0 spiro atoms. The molecule has 0 heterocycles. The summed E-state index contributed by atoms with van der Waals surface area (Å²) in [6.45, 7) is 4.20. The van der Waals surface area contributed by atoms with Crippen molar-refractivity contribution in [2.45, 2.75) is 335 Å². The van der Waals surface area contributed by atoms with Crippen LogP contribution in [0.1, 0.15) is 328 Å². The minimum Gasteiger partial charge on any atom is -0.462 e. The Bertz CT molecular complexity index is 917. The van der Waals surface area contributed by atoms with Crippen LogP contribution in [0.4, 0.5) is 0 Å². The number of allylic oxidation sites excluding steroid dienone is 2. The Morgan fingerprint density at radius 1 is 0.349 bits per heavy atom. The van der Waals surface area contributed by atoms with Gasteiger partial charge in [0.15, 0.2) is 6.10 Å². The summed E-state index contributed by atoms with van der Waals surface area (Å²) in [6, 6.07) is 0. The van der Waals surface area contributed by atoms with Crippen LogP contribution in [0.3, 0.4) is 0 Å². The summed E-state index contributed by atoms with van der Waals surface area (Å²) in [7, 11) is 0. The molecule has 0 fully saturated rings. The monoisotopic (exact) mass is 889 g/mol. The first-order chi connectivity index (χ1) is 31.1. The molecule has 63 heavy (non-hydrogen) atoms. The second-order valence-electron chi connectivity index (χ2n) is 19.7. The molecule has 0 saturated carbocycles. The molecule has 5 nitrogen and oxygen atoms in total. The van der Waals surface area contributed by atoms with Crippen molar-refractivity contribution < 1.29 is 24.2 Å². The second-order valence-corrected chi connectivity index (χ2v) is 19.7. The Balaban J connectivity index is 3.40. The van der Waals surface area contributed by atoms with Gasteiger partial charge in [-0.15, -0.1) is 0 Å². The lowest BCUT2D eigenvalue weighted by molar-refractivity contribution is -0.161. The number of unbranched alkanes of at least 4 members (excludes halogenated alkanes) is 44. The van der Waals surface area contributed by atoms with Crippen molar-refractivity contribution in [3.05, 3.63) is 12.2 Å². The molecule has 0 aliphatic carbocycles. The quantitative estimate of drug-likeness (QED) is 0.0374. The number of esters is 2. The number of rotatable bonds is 54. The minimum absolute atomic E-state index is 0.0574. The minimum atomic E-state index is -0.766. The second kappa shape index (κ2) is 55.0. The predicted octanol–water partition coefficient (Wildman–Crippen LogP) is 19.1. The van der Waals surface area contributed by atoms with Crippen LogP contribution >= 0.6 is 0 Å². The summed E-state index contributed by atoms with van der Waals surface area (Å²) in [6.07, 6.45) is 67.7. The normalized spacial score (nSPS) is 12.1. The van der Waals surface area contributed by atoms with Crippen LogP contribution in [0.25, 0.3) is 0 Å². The predicted molar refractivity (Wildman–Crippen MR) is 275 cm³/mol. The maximum atomic E-state index is 12.3. The highest BCUT2D eigenvalue weighted by atomic mass is 16.6. The van der Waals surface area contributed by atoms with E-state index >= 15 is 0 Å². The number of ether oxygens (including phenoxy) is 2. The van der Waals surface area contributed by atoms with E-state index in [9.17, 15) is 14.7 Å². The topological polar surface area (TPSA) is 72.8 Å². The van der Waals surface area contributed by atoms with Gasteiger partial charge >= 0.3 is 11.9 Å². The van der Waals surface area contributed by atoms with Crippen LogP contribution in [0.5, 0.6) is 0 Å². The molecule has 0 amide bonds. The lowest BCUT2D eigenvalue weighted by Gasteiger charge is -2.15. The molecule has 0 aromatic carbocycles. The van der Waals surface area contributed by atoms with Gasteiger partial charge in [0.25, 0.3) is 0 Å². The van der Waals surface area contributed by atoms with E-state index in [0.29, 0.717) is 12.8 Å². The smallest absolute Gasteiger partial charge is 0.306 e. The van der Waals surface area contributed by atoms with Crippen molar-refractivity contribution in [1.29, 1.82) is 0 Å². The Hall–Kier alpha value is -1.36. The van der Waals surface area contributed by atoms with E-state index in [1.807, 2.05) is 0 Å². The zero-order chi connectivity index (χ0) is 45.6. The summed E-state index contributed by atoms with van der Waals surface area (Å²) in [5.74, 6) is -0.567. The Morgan fingerprint density at radius 2 is 0.587 bits per heavy atom. The van der Waals surface area contributed by atoms with Gasteiger partial charge in [-0.2, -0.15) is 0 Å². The van der Waals surface area contributed by atoms with Gasteiger partial charge in [0, 0.05) is 12.8 Å². The van der Waals surface area contributed by atoms with Crippen LogP contribution in [0.15, 0.2) is 12.2 Å². The zero-order valence-corrected chi connectivity index (χ0v) is 42.9. The van der Waals surface area contributed by atoms with Crippen LogP contribution in [-0.4, -0.2) is 36.4 Å². The fraction of sp³-hybridized carbons (Fsp3) is 0.931. The molecule has 0 aliphatic rings. The van der Waals surface area contributed by atoms with Crippen LogP contribution in [0, 0.1) is 0 Å². The van der Waals surface area contributed by atoms with Gasteiger partial charge in [-0.25, -0.2) is 0 Å². The molecule has 374 valence electrons. The standard InChI is InChI=1S/C58H112O5/c1-3-5-7-9-11-13-15-17-19-21-23-25-26-27-28-29-30-31-32-33-35-37-39-41-43-45-47-49-51-53-58(61)63-56(54-59)55-62-57(60)52-50-48-46-44-42-40-38-36-34-24-22-20-18-16-14-12-10-8-6-4-2/h21,23,56,59H,3-20,22,24-55H2,1-2H3/b23-21-. The number of hydrogen-bond acceptors (Lipinski definition) is 5. The SMILES string of the molecule is CCCCCCCCCC/C=C\CCCCCCCCCCCCCCCCCCCC(=O)OC(CO)COC(=O)CCCCCCCCCCCCCCCCCCCCCC. The zero-order valence-electron chi connectivity index (χ0n) is 42.9. The van der Waals surface area contributed by atoms with E-state index in [0.717, 1.165) is 32.1 Å². The third-order valence-corrected chi connectivity index (χ3v) is 13.3. The lowest BCUT2D eigenvalue weighted by atomic mass is 10.0. The highest BCUT2D eigenvalue weighted by Gasteiger charge is 2.16. The number of aliphatic hydroxyl groups is 1. The molecule has 1 atom stereocenters. The average molecular weight is 890 g/mol. The lowest BCUT2D eigenvalue weighted by Crippen LogP contribution is -2.28. The Kier molecular flexibility index (Phi) is 53.8. The number of carbonyl (C=O) groups excluding carboxylic acids is 2. The van der Waals surface area contributed by atoms with Crippen molar-refractivity contribution in [2.75, 3.05) is 13.2 Å². The van der Waals surface area contributed by atoms with E-state index < -0.39 is 6.10 Å². The van der Waals surface area contributed by atoms with Crippen molar-refractivity contribution in [1.82, 2.24) is 0 Å². The molecule has 0 aromatic rings. The molecule has 0 aliphatic heterocycles. The van der Waals surface area contributed by atoms with E-state index in [1.54, 1.807) is 0 Å². The first-order valence-corrected chi connectivity index (χ1v) is 28.7. The Morgan fingerprint density at radius 3 is 0.857 bits per heavy atom. The fourth-order valence-electron chi connectivity index (χ4n) is 8.97.